The van der Waals surface area contributed by atoms with E-state index in [4.69, 9.17) is 9.72 Å². The molecular weight excluding hydrogens is 550 g/mol. The summed E-state index contributed by atoms with van der Waals surface area (Å²) >= 11 is 0. The van der Waals surface area contributed by atoms with Gasteiger partial charge in [0.05, 0.1) is 23.4 Å². The number of aromatic nitrogens is 1. The quantitative estimate of drug-likeness (QED) is 0.369. The van der Waals surface area contributed by atoms with Crippen LogP contribution in [-0.2, 0) is 23.9 Å². The smallest absolute Gasteiger partial charge is 0.306 e. The molecule has 1 aromatic carbocycles. The highest BCUT2D eigenvalue weighted by atomic mass is 16.5. The topological polar surface area (TPSA) is 150 Å². The van der Waals surface area contributed by atoms with Crippen LogP contribution in [0, 0.1) is 5.92 Å². The third-order valence-electron chi connectivity index (χ3n) is 7.82. The Labute approximate surface area is 252 Å². The predicted octanol–water partition coefficient (Wildman–Crippen LogP) is 2.93. The Kier molecular flexibility index (Phi) is 10.9. The van der Waals surface area contributed by atoms with Gasteiger partial charge in [0, 0.05) is 18.4 Å². The van der Waals surface area contributed by atoms with Crippen molar-refractivity contribution < 1.29 is 29.0 Å². The van der Waals surface area contributed by atoms with Crippen LogP contribution in [0.25, 0.3) is 17.0 Å². The number of benzene rings is 1. The van der Waals surface area contributed by atoms with Gasteiger partial charge in [0.1, 0.15) is 12.1 Å². The van der Waals surface area contributed by atoms with E-state index in [0.29, 0.717) is 37.9 Å². The van der Waals surface area contributed by atoms with E-state index in [9.17, 15) is 24.3 Å². The van der Waals surface area contributed by atoms with Crippen molar-refractivity contribution in [2.45, 2.75) is 96.6 Å². The molecule has 3 heterocycles. The minimum absolute atomic E-state index is 0.0336. The van der Waals surface area contributed by atoms with Crippen molar-refractivity contribution in [3.8, 4) is 0 Å². The lowest BCUT2D eigenvalue weighted by atomic mass is 10.1. The van der Waals surface area contributed by atoms with Crippen molar-refractivity contribution in [2.75, 3.05) is 6.54 Å². The summed E-state index contributed by atoms with van der Waals surface area (Å²) in [4.78, 5) is 56.8. The van der Waals surface area contributed by atoms with Crippen LogP contribution in [0.15, 0.2) is 36.4 Å². The average Bonchev–Trinajstić information content (AvgIpc) is 2.99. The van der Waals surface area contributed by atoms with E-state index < -0.39 is 42.1 Å². The maximum atomic E-state index is 13.2. The summed E-state index contributed by atoms with van der Waals surface area (Å²) in [6.07, 6.45) is 4.56. The van der Waals surface area contributed by atoms with Crippen molar-refractivity contribution in [1.29, 1.82) is 0 Å². The Balaban J connectivity index is 1.55. The lowest BCUT2D eigenvalue weighted by Crippen LogP contribution is -2.61. The number of fused-ring (bicyclic) bond motifs is 4. The van der Waals surface area contributed by atoms with Gasteiger partial charge >= 0.3 is 5.97 Å². The number of ether oxygens (including phenoxy) is 1. The largest absolute Gasteiger partial charge is 0.452 e. The number of pyridine rings is 1. The highest BCUT2D eigenvalue weighted by molar-refractivity contribution is 5.90. The molecule has 1 saturated heterocycles. The number of nitrogens with zero attached hydrogens (tertiary/aromatic N) is 2. The van der Waals surface area contributed by atoms with Gasteiger partial charge in [0.2, 0.25) is 5.91 Å². The van der Waals surface area contributed by atoms with Gasteiger partial charge in [-0.2, -0.15) is 0 Å². The number of carbonyl (C=O) groups is 4. The molecular formula is C32H43N5O6. The van der Waals surface area contributed by atoms with Crippen LogP contribution in [0.3, 0.4) is 0 Å². The van der Waals surface area contributed by atoms with Crippen molar-refractivity contribution in [1.82, 2.24) is 26.1 Å². The Morgan fingerprint density at radius 1 is 0.977 bits per heavy atom. The first kappa shape index (κ1) is 32.1. The number of aliphatic hydroxyl groups excluding tert-OH is 1. The maximum absolute atomic E-state index is 13.2. The second-order valence-corrected chi connectivity index (χ2v) is 11.8. The molecule has 5 bridgehead atoms. The summed E-state index contributed by atoms with van der Waals surface area (Å²) in [5.41, 5.74) is 5.49. The molecule has 11 heteroatoms. The highest BCUT2D eigenvalue weighted by Crippen LogP contribution is 2.20. The number of nitrogens with one attached hydrogen (secondary N) is 3. The van der Waals surface area contributed by atoms with E-state index in [2.05, 4.69) is 16.1 Å². The number of esters is 1. The monoisotopic (exact) mass is 593 g/mol. The van der Waals surface area contributed by atoms with E-state index >= 15 is 0 Å². The van der Waals surface area contributed by atoms with Crippen LogP contribution in [0.5, 0.6) is 0 Å². The number of allylic oxidation sites excluding steroid dienone is 1. The first-order valence-electron chi connectivity index (χ1n) is 15.1. The lowest BCUT2D eigenvalue weighted by molar-refractivity contribution is -0.160. The number of amides is 3. The number of hydrogen-bond donors (Lipinski definition) is 4. The fourth-order valence-corrected chi connectivity index (χ4v) is 5.24. The molecule has 4 rings (SSSR count). The Hall–Kier alpha value is -3.83. The van der Waals surface area contributed by atoms with E-state index in [0.717, 1.165) is 16.5 Å². The fourth-order valence-electron chi connectivity index (χ4n) is 5.24. The minimum atomic E-state index is -1.09. The molecule has 5 atom stereocenters. The highest BCUT2D eigenvalue weighted by Gasteiger charge is 2.33. The number of hydrazine groups is 1. The van der Waals surface area contributed by atoms with E-state index in [1.54, 1.807) is 20.8 Å². The van der Waals surface area contributed by atoms with Gasteiger partial charge < -0.3 is 20.5 Å². The molecule has 3 amide bonds. The molecule has 0 spiro atoms. The van der Waals surface area contributed by atoms with Crippen molar-refractivity contribution >= 4 is 40.7 Å². The molecule has 2 aliphatic heterocycles. The van der Waals surface area contributed by atoms with E-state index in [1.165, 1.54) is 5.01 Å². The zero-order valence-electron chi connectivity index (χ0n) is 25.3. The molecule has 11 nitrogen and oxygen atoms in total. The molecule has 0 unspecified atom stereocenters. The van der Waals surface area contributed by atoms with Gasteiger partial charge in [-0.05, 0) is 69.6 Å². The number of hydrogen-bond acceptors (Lipinski definition) is 8. The van der Waals surface area contributed by atoms with Crippen LogP contribution in [0.4, 0.5) is 0 Å². The normalized spacial score (nSPS) is 27.8. The fraction of sp³-hybridized carbons (Fsp3) is 0.531. The maximum Gasteiger partial charge on any atom is 0.306 e. The summed E-state index contributed by atoms with van der Waals surface area (Å²) in [6, 6.07) is 7.91. The van der Waals surface area contributed by atoms with Gasteiger partial charge in [-0.1, -0.05) is 44.2 Å². The lowest BCUT2D eigenvalue weighted by Gasteiger charge is -2.35. The number of rotatable bonds is 1. The summed E-state index contributed by atoms with van der Waals surface area (Å²) in [5, 5.41) is 18.4. The number of cyclic esters (lactones) is 1. The summed E-state index contributed by atoms with van der Waals surface area (Å²) in [6.45, 7) is 7.31. The molecule has 0 saturated carbocycles. The zero-order valence-corrected chi connectivity index (χ0v) is 25.3. The average molecular weight is 594 g/mol. The van der Waals surface area contributed by atoms with Gasteiger partial charge in [0.25, 0.3) is 11.8 Å². The second kappa shape index (κ2) is 14.6. The van der Waals surface area contributed by atoms with Crippen molar-refractivity contribution in [3.63, 3.8) is 0 Å². The molecule has 43 heavy (non-hydrogen) atoms. The predicted molar refractivity (Wildman–Crippen MR) is 162 cm³/mol. The molecule has 232 valence electrons. The van der Waals surface area contributed by atoms with Gasteiger partial charge in [-0.15, -0.1) is 0 Å². The number of carbonyl (C=O) groups excluding carboxylic acids is 4. The van der Waals surface area contributed by atoms with Crippen LogP contribution in [0.1, 0.15) is 83.5 Å². The molecule has 1 fully saturated rings. The first-order chi connectivity index (χ1) is 20.5. The van der Waals surface area contributed by atoms with Crippen LogP contribution in [0.2, 0.25) is 0 Å². The molecule has 2 aromatic rings. The Morgan fingerprint density at radius 2 is 1.72 bits per heavy atom. The van der Waals surface area contributed by atoms with Crippen molar-refractivity contribution in [2.24, 2.45) is 5.92 Å². The third kappa shape index (κ3) is 8.61. The van der Waals surface area contributed by atoms with Gasteiger partial charge in [0.15, 0.2) is 6.10 Å². The van der Waals surface area contributed by atoms with Crippen LogP contribution < -0.4 is 16.1 Å². The summed E-state index contributed by atoms with van der Waals surface area (Å²) < 4.78 is 5.47. The Bertz CT molecular complexity index is 1360. The van der Waals surface area contributed by atoms with Crippen molar-refractivity contribution in [3.05, 3.63) is 47.7 Å². The Morgan fingerprint density at radius 3 is 2.49 bits per heavy atom. The minimum Gasteiger partial charge on any atom is -0.452 e. The molecule has 1 aromatic heterocycles. The SMILES string of the molecule is CC(C)[C@H]1OC(=O)CC[C@H](O)CC/C=C/c2ccc3ccc(nc3c2)[C@@H](C)NC(=O)[C@@H]2CCCN(N2)C(=O)[C@H](C)NC1=O. The zero-order chi connectivity index (χ0) is 31.1. The standard InChI is InChI=1S/C32H43N5O6/c1-19(2)29-31(41)34-21(4)32(42)37-17-7-10-26(36-37)30(40)33-20(3)25-15-13-23-12-11-22(18-27(23)35-25)8-5-6-9-24(38)14-16-28(39)43-29/h5,8,11-13,15,18-21,24,26,29,36,38H,6-7,9-10,14,16-17H2,1-4H3,(H,33,40)(H,34,41)/b8-5+/t20-,21+,24-,26+,29-/m1/s1. The summed E-state index contributed by atoms with van der Waals surface area (Å²) in [5.74, 6) is -2.15. The molecule has 0 aliphatic carbocycles. The van der Waals surface area contributed by atoms with Gasteiger partial charge in [-0.25, -0.2) is 5.43 Å². The molecule has 2 aliphatic rings. The van der Waals surface area contributed by atoms with E-state index in [1.807, 2.05) is 49.4 Å². The summed E-state index contributed by atoms with van der Waals surface area (Å²) in [7, 11) is 0. The third-order valence-corrected chi connectivity index (χ3v) is 7.82. The molecule has 4 N–H and O–H groups in total. The second-order valence-electron chi connectivity index (χ2n) is 11.8. The molecule has 0 radical (unpaired) electrons. The number of aliphatic hydroxyl groups is 1. The van der Waals surface area contributed by atoms with Crippen LogP contribution >= 0.6 is 0 Å². The van der Waals surface area contributed by atoms with E-state index in [-0.39, 0.29) is 30.7 Å². The first-order valence-corrected chi connectivity index (χ1v) is 15.1. The van der Waals surface area contributed by atoms with Gasteiger partial charge in [-0.3, -0.25) is 29.2 Å². The van der Waals surface area contributed by atoms with Crippen LogP contribution in [-0.4, -0.2) is 69.6 Å².